The van der Waals surface area contributed by atoms with Gasteiger partial charge in [-0.15, -0.1) is 11.3 Å². The molecule has 0 fully saturated rings. The molecule has 0 unspecified atom stereocenters. The van der Waals surface area contributed by atoms with Crippen molar-refractivity contribution in [2.24, 2.45) is 5.73 Å². The second kappa shape index (κ2) is 13.0. The number of ether oxygens (including phenoxy) is 1. The quantitative estimate of drug-likeness (QED) is 0.369. The maximum atomic E-state index is 14.0. The van der Waals surface area contributed by atoms with Gasteiger partial charge in [0.15, 0.2) is 0 Å². The topological polar surface area (TPSA) is 105 Å². The van der Waals surface area contributed by atoms with Gasteiger partial charge in [-0.3, -0.25) is 14.4 Å². The lowest BCUT2D eigenvalue weighted by molar-refractivity contribution is -0.149. The summed E-state index contributed by atoms with van der Waals surface area (Å²) in [6.45, 7) is 3.63. The Hall–Kier alpha value is -3.27. The lowest BCUT2D eigenvalue weighted by Crippen LogP contribution is -2.56. The van der Waals surface area contributed by atoms with Crippen molar-refractivity contribution >= 4 is 39.8 Å². The zero-order valence-electron chi connectivity index (χ0n) is 22.8. The van der Waals surface area contributed by atoms with Crippen molar-refractivity contribution in [1.82, 2.24) is 15.1 Å². The van der Waals surface area contributed by atoms with Crippen LogP contribution in [0, 0.1) is 0 Å². The van der Waals surface area contributed by atoms with Gasteiger partial charge in [-0.2, -0.15) is 0 Å². The van der Waals surface area contributed by atoms with Crippen LogP contribution in [0.5, 0.6) is 0 Å². The monoisotopic (exact) mass is 538 g/mol. The van der Waals surface area contributed by atoms with Crippen molar-refractivity contribution in [2.45, 2.75) is 44.3 Å². The SMILES string of the molecule is CNC(=O)[C@@H](Cc1cccs1)N(C)C(=O)[C@@H](Cc1ccc2ccccc2c1)N(C)C(=O)COCC(C)(C)N. The van der Waals surface area contributed by atoms with E-state index in [0.29, 0.717) is 6.42 Å². The Morgan fingerprint density at radius 1 is 0.974 bits per heavy atom. The Balaban J connectivity index is 1.88. The fraction of sp³-hybridized carbons (Fsp3) is 0.414. The van der Waals surface area contributed by atoms with Crippen LogP contribution in [-0.2, 0) is 32.0 Å². The molecule has 2 atom stereocenters. The third kappa shape index (κ3) is 7.86. The van der Waals surface area contributed by atoms with Crippen molar-refractivity contribution in [1.29, 1.82) is 0 Å². The van der Waals surface area contributed by atoms with E-state index in [2.05, 4.69) is 5.32 Å². The number of hydrogen-bond donors (Lipinski definition) is 2. The van der Waals surface area contributed by atoms with E-state index >= 15 is 0 Å². The third-order valence-corrected chi connectivity index (χ3v) is 7.33. The van der Waals surface area contributed by atoms with E-state index < -0.39 is 17.6 Å². The molecular weight excluding hydrogens is 500 g/mol. The van der Waals surface area contributed by atoms with Gasteiger partial charge in [0.1, 0.15) is 18.7 Å². The summed E-state index contributed by atoms with van der Waals surface area (Å²) in [5.41, 5.74) is 6.31. The molecule has 38 heavy (non-hydrogen) atoms. The summed E-state index contributed by atoms with van der Waals surface area (Å²) in [6, 6.07) is 16.3. The highest BCUT2D eigenvalue weighted by Gasteiger charge is 2.35. The average Bonchev–Trinajstić information content (AvgIpc) is 3.41. The van der Waals surface area contributed by atoms with Crippen LogP contribution in [0.3, 0.4) is 0 Å². The number of benzene rings is 2. The van der Waals surface area contributed by atoms with E-state index in [9.17, 15) is 14.4 Å². The molecule has 8 nitrogen and oxygen atoms in total. The first-order valence-corrected chi connectivity index (χ1v) is 13.5. The highest BCUT2D eigenvalue weighted by Crippen LogP contribution is 2.20. The number of likely N-dealkylation sites (N-methyl/N-ethyl adjacent to an activating group) is 3. The molecule has 1 aromatic heterocycles. The standard InChI is InChI=1S/C29H38N4O4S/c1-29(2,30)19-37-18-26(34)32(4)25(16-20-12-13-21-9-6-7-10-22(21)15-20)28(36)33(5)24(27(35)31-3)17-23-11-8-14-38-23/h6-15,24-25H,16-19,30H2,1-5H3,(H,31,35)/t24-,25-/m1/s1. The number of rotatable bonds is 12. The molecule has 9 heteroatoms. The first-order chi connectivity index (χ1) is 18.0. The number of nitrogens with two attached hydrogens (primary N) is 1. The number of carbonyl (C=O) groups is 3. The Kier molecular flexibility index (Phi) is 10.0. The minimum Gasteiger partial charge on any atom is -0.370 e. The highest BCUT2D eigenvalue weighted by atomic mass is 32.1. The minimum absolute atomic E-state index is 0.198. The lowest BCUT2D eigenvalue weighted by Gasteiger charge is -2.34. The average molecular weight is 539 g/mol. The van der Waals surface area contributed by atoms with Gasteiger partial charge in [-0.05, 0) is 41.6 Å². The molecule has 0 aliphatic rings. The number of hydrogen-bond acceptors (Lipinski definition) is 6. The van der Waals surface area contributed by atoms with E-state index in [1.807, 2.05) is 73.8 Å². The number of nitrogens with one attached hydrogen (secondary N) is 1. The first-order valence-electron chi connectivity index (χ1n) is 12.6. The maximum absolute atomic E-state index is 14.0. The van der Waals surface area contributed by atoms with Crippen LogP contribution in [0.25, 0.3) is 10.8 Å². The van der Waals surface area contributed by atoms with Gasteiger partial charge < -0.3 is 25.6 Å². The number of carbonyl (C=O) groups excluding carboxylic acids is 3. The predicted molar refractivity (Wildman–Crippen MR) is 152 cm³/mol. The van der Waals surface area contributed by atoms with E-state index in [1.54, 1.807) is 21.1 Å². The van der Waals surface area contributed by atoms with Crippen LogP contribution >= 0.6 is 11.3 Å². The summed E-state index contributed by atoms with van der Waals surface area (Å²) in [4.78, 5) is 43.8. The smallest absolute Gasteiger partial charge is 0.249 e. The Bertz CT molecular complexity index is 1240. The molecule has 0 spiro atoms. The molecule has 3 aromatic rings. The molecule has 3 amide bonds. The van der Waals surface area contributed by atoms with E-state index in [0.717, 1.165) is 21.2 Å². The van der Waals surface area contributed by atoms with Crippen molar-refractivity contribution in [3.8, 4) is 0 Å². The normalized spacial score (nSPS) is 13.1. The van der Waals surface area contributed by atoms with Crippen LogP contribution in [0.4, 0.5) is 0 Å². The number of thiophene rings is 1. The molecule has 0 saturated heterocycles. The molecule has 0 saturated carbocycles. The minimum atomic E-state index is -0.835. The number of amides is 3. The van der Waals surface area contributed by atoms with Crippen LogP contribution in [0.1, 0.15) is 24.3 Å². The van der Waals surface area contributed by atoms with Gasteiger partial charge >= 0.3 is 0 Å². The maximum Gasteiger partial charge on any atom is 0.249 e. The molecule has 3 rings (SSSR count). The van der Waals surface area contributed by atoms with Crippen LogP contribution in [-0.4, -0.2) is 79.5 Å². The molecular formula is C29H38N4O4S. The molecule has 1 heterocycles. The summed E-state index contributed by atoms with van der Waals surface area (Å²) < 4.78 is 5.55. The Labute approximate surface area is 228 Å². The van der Waals surface area contributed by atoms with Gasteiger partial charge in [0, 0.05) is 44.4 Å². The fourth-order valence-electron chi connectivity index (χ4n) is 4.24. The molecule has 0 radical (unpaired) electrons. The van der Waals surface area contributed by atoms with Gasteiger partial charge in [-0.25, -0.2) is 0 Å². The summed E-state index contributed by atoms with van der Waals surface area (Å²) >= 11 is 1.53. The fourth-order valence-corrected chi connectivity index (χ4v) is 4.98. The summed E-state index contributed by atoms with van der Waals surface area (Å²) in [5.74, 6) is -0.920. The summed E-state index contributed by atoms with van der Waals surface area (Å²) in [7, 11) is 4.78. The second-order valence-electron chi connectivity index (χ2n) is 10.3. The molecule has 0 bridgehead atoms. The Morgan fingerprint density at radius 3 is 2.32 bits per heavy atom. The third-order valence-electron chi connectivity index (χ3n) is 6.43. The van der Waals surface area contributed by atoms with E-state index in [-0.39, 0.29) is 37.4 Å². The zero-order valence-corrected chi connectivity index (χ0v) is 23.6. The summed E-state index contributed by atoms with van der Waals surface area (Å²) in [5, 5.41) is 6.76. The molecule has 0 aliphatic carbocycles. The van der Waals surface area contributed by atoms with Gasteiger partial charge in [0.25, 0.3) is 0 Å². The van der Waals surface area contributed by atoms with Gasteiger partial charge in [0.2, 0.25) is 17.7 Å². The van der Waals surface area contributed by atoms with Crippen molar-refractivity contribution in [2.75, 3.05) is 34.4 Å². The largest absolute Gasteiger partial charge is 0.370 e. The first kappa shape index (κ1) is 29.3. The summed E-state index contributed by atoms with van der Waals surface area (Å²) in [6.07, 6.45) is 0.673. The molecule has 204 valence electrons. The van der Waals surface area contributed by atoms with Crippen LogP contribution < -0.4 is 11.1 Å². The van der Waals surface area contributed by atoms with Crippen molar-refractivity contribution < 1.29 is 19.1 Å². The van der Waals surface area contributed by atoms with Crippen molar-refractivity contribution in [3.05, 3.63) is 70.4 Å². The van der Waals surface area contributed by atoms with E-state index in [4.69, 9.17) is 10.5 Å². The predicted octanol–water partition coefficient (Wildman–Crippen LogP) is 2.84. The van der Waals surface area contributed by atoms with Gasteiger partial charge in [-0.1, -0.05) is 48.5 Å². The van der Waals surface area contributed by atoms with Crippen molar-refractivity contribution in [3.63, 3.8) is 0 Å². The van der Waals surface area contributed by atoms with Crippen LogP contribution in [0.2, 0.25) is 0 Å². The Morgan fingerprint density at radius 2 is 1.68 bits per heavy atom. The van der Waals surface area contributed by atoms with E-state index in [1.165, 1.54) is 21.1 Å². The zero-order chi connectivity index (χ0) is 27.9. The highest BCUT2D eigenvalue weighted by molar-refractivity contribution is 7.09. The number of nitrogens with zero attached hydrogens (tertiary/aromatic N) is 2. The molecule has 0 aliphatic heterocycles. The second-order valence-corrected chi connectivity index (χ2v) is 11.3. The van der Waals surface area contributed by atoms with Crippen LogP contribution in [0.15, 0.2) is 60.0 Å². The van der Waals surface area contributed by atoms with Gasteiger partial charge in [0.05, 0.1) is 6.61 Å². The molecule has 2 aromatic carbocycles. The molecule has 3 N–H and O–H groups in total. The number of fused-ring (bicyclic) bond motifs is 1. The lowest BCUT2D eigenvalue weighted by atomic mass is 9.99.